The molecule has 0 unspecified atom stereocenters. The number of aromatic nitrogens is 4. The molecule has 6 aromatic carbocycles. The van der Waals surface area contributed by atoms with Crippen molar-refractivity contribution < 1.29 is 19.1 Å². The highest BCUT2D eigenvalue weighted by atomic mass is 16.5. The van der Waals surface area contributed by atoms with Gasteiger partial charge in [-0.15, -0.1) is 0 Å². The molecule has 356 valence electrons. The van der Waals surface area contributed by atoms with Gasteiger partial charge in [-0.05, 0) is 52.5 Å². The molecule has 2 saturated heterocycles. The van der Waals surface area contributed by atoms with Crippen LogP contribution in [-0.4, -0.2) is 80.1 Å². The van der Waals surface area contributed by atoms with Gasteiger partial charge in [0.05, 0.1) is 43.0 Å². The van der Waals surface area contributed by atoms with Gasteiger partial charge < -0.3 is 4.74 Å². The van der Waals surface area contributed by atoms with Crippen LogP contribution in [0.1, 0.15) is 70.7 Å². The minimum atomic E-state index is -0.576. The number of hydrogen-bond donors (Lipinski definition) is 1. The first-order valence-corrected chi connectivity index (χ1v) is 24.4. The van der Waals surface area contributed by atoms with Crippen LogP contribution in [0, 0.1) is 0 Å². The molecule has 2 aliphatic heterocycles. The number of ether oxygens (including phenoxy) is 1. The summed E-state index contributed by atoms with van der Waals surface area (Å²) in [7, 11) is 0. The van der Waals surface area contributed by atoms with E-state index in [-0.39, 0.29) is 24.0 Å². The second kappa shape index (κ2) is 22.6. The van der Waals surface area contributed by atoms with Crippen molar-refractivity contribution in [2.24, 2.45) is 0 Å². The Morgan fingerprint density at radius 3 is 1.30 bits per heavy atom. The molecule has 0 saturated carbocycles. The zero-order chi connectivity index (χ0) is 48.9. The molecule has 2 aromatic heterocycles. The molecule has 71 heavy (non-hydrogen) atoms. The van der Waals surface area contributed by atoms with Crippen molar-refractivity contribution in [3.05, 3.63) is 262 Å². The van der Waals surface area contributed by atoms with Crippen LogP contribution in [0.3, 0.4) is 0 Å². The molecule has 0 spiro atoms. The summed E-state index contributed by atoms with van der Waals surface area (Å²) in [6.07, 6.45) is 12.2. The van der Waals surface area contributed by atoms with Crippen LogP contribution in [0.5, 0.6) is 0 Å². The molecule has 0 bridgehead atoms. The topological polar surface area (TPSA) is 113 Å². The highest BCUT2D eigenvalue weighted by Crippen LogP contribution is 2.45. The largest absolute Gasteiger partial charge is 0.466 e. The molecule has 8 aromatic rings. The Labute approximate surface area is 416 Å². The summed E-state index contributed by atoms with van der Waals surface area (Å²) in [5, 5.41) is 11.3. The highest BCUT2D eigenvalue weighted by Gasteiger charge is 2.45. The summed E-state index contributed by atoms with van der Waals surface area (Å²) >= 11 is 0. The first-order chi connectivity index (χ1) is 34.9. The third-order valence-electron chi connectivity index (χ3n) is 13.5. The van der Waals surface area contributed by atoms with Crippen molar-refractivity contribution in [1.82, 2.24) is 29.8 Å². The van der Waals surface area contributed by atoms with Crippen molar-refractivity contribution in [2.45, 2.75) is 43.8 Å². The summed E-state index contributed by atoms with van der Waals surface area (Å²) in [5.41, 5.74) is 9.26. The monoisotopic (exact) mass is 938 g/mol. The number of carbonyl (C=O) groups excluding carboxylic acids is 3. The second-order valence-corrected chi connectivity index (χ2v) is 17.8. The Morgan fingerprint density at radius 1 is 0.563 bits per heavy atom. The van der Waals surface area contributed by atoms with E-state index < -0.39 is 11.1 Å². The van der Waals surface area contributed by atoms with Crippen LogP contribution < -0.4 is 0 Å². The lowest BCUT2D eigenvalue weighted by molar-refractivity contribution is -0.143. The molecule has 10 heteroatoms. The van der Waals surface area contributed by atoms with Crippen LogP contribution in [0.15, 0.2) is 218 Å². The quantitative estimate of drug-likeness (QED) is 0.0652. The number of carbonyl (C=O) groups is 3. The number of aryl methyl sites for hydroxylation is 1. The van der Waals surface area contributed by atoms with Crippen molar-refractivity contribution in [3.63, 3.8) is 0 Å². The van der Waals surface area contributed by atoms with E-state index in [2.05, 4.69) is 171 Å². The summed E-state index contributed by atoms with van der Waals surface area (Å²) in [6.45, 7) is 4.95. The van der Waals surface area contributed by atoms with Gasteiger partial charge in [-0.2, -0.15) is 10.2 Å². The SMILES string of the molecule is CCOC(=O)CCn1cc(/C=C2\CN(C(c3ccccc3)(c3ccccc3)c3ccccc3)CCC2=O)cn1.O=C1CCN(C(c2ccccc2)(c2ccccc2)c2ccccc2)C/C1=C\c1cn[nH]c1. The first kappa shape index (κ1) is 48.0. The van der Waals surface area contributed by atoms with E-state index in [1.807, 2.05) is 60.9 Å². The predicted octanol–water partition coefficient (Wildman–Crippen LogP) is 10.5. The van der Waals surface area contributed by atoms with E-state index in [0.29, 0.717) is 52.2 Å². The number of nitrogens with one attached hydrogen (secondary N) is 1. The average molecular weight is 939 g/mol. The first-order valence-electron chi connectivity index (χ1n) is 24.4. The second-order valence-electron chi connectivity index (χ2n) is 17.8. The standard InChI is InChI=1S/C33H33N3O3.C28H25N3O/c1-2-39-32(38)19-21-36-24-26(23-34-36)22-27-25-35(20-18-31(27)37)33(28-12-6-3-7-13-28,29-14-8-4-9-15-29)30-16-10-5-11-17-30;32-27-16-17-31(21-23(27)18-22-19-29-30-20-22)28(24-10-4-1-5-11-24,25-12-6-2-7-13-25)26-14-8-3-9-15-26/h3-17,22-24H,2,18-21,25H2,1H3;1-15,18-20H,16-17,21H2,(H,29,30)/b27-22+;23-18+. The predicted molar refractivity (Wildman–Crippen MR) is 279 cm³/mol. The Morgan fingerprint density at radius 2 is 0.944 bits per heavy atom. The van der Waals surface area contributed by atoms with Gasteiger partial charge in [0.25, 0.3) is 0 Å². The van der Waals surface area contributed by atoms with Crippen molar-refractivity contribution in [2.75, 3.05) is 32.8 Å². The maximum Gasteiger partial charge on any atom is 0.307 e. The van der Waals surface area contributed by atoms with E-state index in [9.17, 15) is 14.4 Å². The summed E-state index contributed by atoms with van der Waals surface area (Å²) in [4.78, 5) is 42.7. The van der Waals surface area contributed by atoms with E-state index >= 15 is 0 Å². The van der Waals surface area contributed by atoms with Gasteiger partial charge in [-0.3, -0.25) is 34.0 Å². The molecule has 4 heterocycles. The van der Waals surface area contributed by atoms with E-state index in [4.69, 9.17) is 4.74 Å². The molecule has 2 fully saturated rings. The van der Waals surface area contributed by atoms with Gasteiger partial charge in [-0.25, -0.2) is 0 Å². The van der Waals surface area contributed by atoms with Gasteiger partial charge in [-0.1, -0.05) is 182 Å². The summed E-state index contributed by atoms with van der Waals surface area (Å²) in [5.74, 6) is 0.101. The number of Topliss-reactive ketones (excluding diaryl/α,β-unsaturated/α-hetero) is 2. The maximum absolute atomic E-state index is 13.2. The smallest absolute Gasteiger partial charge is 0.307 e. The minimum absolute atomic E-state index is 0.147. The molecule has 0 amide bonds. The lowest BCUT2D eigenvalue weighted by Crippen LogP contribution is -2.52. The van der Waals surface area contributed by atoms with Gasteiger partial charge in [0.2, 0.25) is 0 Å². The number of H-pyrrole nitrogens is 1. The van der Waals surface area contributed by atoms with Crippen LogP contribution in [0.2, 0.25) is 0 Å². The number of likely N-dealkylation sites (tertiary alicyclic amines) is 2. The van der Waals surface area contributed by atoms with Crippen molar-refractivity contribution in [1.29, 1.82) is 0 Å². The van der Waals surface area contributed by atoms with Gasteiger partial charge in [0.15, 0.2) is 11.6 Å². The summed E-state index contributed by atoms with van der Waals surface area (Å²) in [6, 6.07) is 63.4. The number of rotatable bonds is 14. The molecular formula is C61H58N6O4. The molecule has 10 rings (SSSR count). The van der Waals surface area contributed by atoms with Crippen molar-refractivity contribution >= 4 is 29.7 Å². The fourth-order valence-corrected chi connectivity index (χ4v) is 10.3. The van der Waals surface area contributed by atoms with E-state index in [1.54, 1.807) is 24.0 Å². The molecule has 0 aliphatic carbocycles. The highest BCUT2D eigenvalue weighted by molar-refractivity contribution is 6.01. The number of benzene rings is 6. The number of aromatic amines is 1. The number of piperidine rings is 2. The molecular weight excluding hydrogens is 881 g/mol. The zero-order valence-corrected chi connectivity index (χ0v) is 40.0. The molecule has 1 N–H and O–H groups in total. The minimum Gasteiger partial charge on any atom is -0.466 e. The fourth-order valence-electron chi connectivity index (χ4n) is 10.3. The molecule has 10 nitrogen and oxygen atoms in total. The van der Waals surface area contributed by atoms with Gasteiger partial charge in [0.1, 0.15) is 0 Å². The fraction of sp³-hybridized carbons (Fsp3) is 0.197. The zero-order valence-electron chi connectivity index (χ0n) is 40.0. The lowest BCUT2D eigenvalue weighted by Gasteiger charge is -2.47. The molecule has 2 aliphatic rings. The number of ketones is 2. The number of hydrogen-bond acceptors (Lipinski definition) is 8. The normalized spacial score (nSPS) is 15.8. The summed E-state index contributed by atoms with van der Waals surface area (Å²) < 4.78 is 6.74. The lowest BCUT2D eigenvalue weighted by atomic mass is 9.74. The molecule has 0 atom stereocenters. The average Bonchev–Trinajstić information content (AvgIpc) is 4.13. The Hall–Kier alpha value is -8.05. The Kier molecular flexibility index (Phi) is 15.3. The number of esters is 1. The third kappa shape index (κ3) is 10.5. The molecule has 0 radical (unpaired) electrons. The van der Waals surface area contributed by atoms with Crippen LogP contribution >= 0.6 is 0 Å². The maximum atomic E-state index is 13.2. The van der Waals surface area contributed by atoms with E-state index in [1.165, 1.54) is 16.7 Å². The van der Waals surface area contributed by atoms with Crippen LogP contribution in [0.4, 0.5) is 0 Å². The van der Waals surface area contributed by atoms with Crippen LogP contribution in [0.25, 0.3) is 12.2 Å². The van der Waals surface area contributed by atoms with Crippen molar-refractivity contribution in [3.8, 4) is 0 Å². The van der Waals surface area contributed by atoms with E-state index in [0.717, 1.165) is 39.0 Å². The van der Waals surface area contributed by atoms with Gasteiger partial charge in [0, 0.05) is 73.7 Å². The van der Waals surface area contributed by atoms with Gasteiger partial charge >= 0.3 is 5.97 Å². The Bertz CT molecular complexity index is 2850. The number of nitrogens with zero attached hydrogens (tertiary/aromatic N) is 5. The third-order valence-corrected chi connectivity index (χ3v) is 13.5. The Balaban J connectivity index is 0.000000179. The van der Waals surface area contributed by atoms with Crippen LogP contribution in [-0.2, 0) is 36.7 Å².